The molecule has 13 nitrogen and oxygen atoms in total. The number of phenols is 1. The van der Waals surface area contributed by atoms with E-state index in [1.165, 1.54) is 19.1 Å². The summed E-state index contributed by atoms with van der Waals surface area (Å²) < 4.78 is 0. The van der Waals surface area contributed by atoms with Crippen LogP contribution in [-0.2, 0) is 36.8 Å². The van der Waals surface area contributed by atoms with Gasteiger partial charge in [-0.2, -0.15) is 0 Å². The molecule has 0 aliphatic rings. The minimum Gasteiger partial charge on any atom is -0.508 e. The summed E-state index contributed by atoms with van der Waals surface area (Å²) in [5.41, 5.74) is 12.1. The predicted octanol–water partition coefficient (Wildman–Crippen LogP) is -1.31. The molecule has 0 saturated heterocycles. The number of nitrogens with two attached hydrogens (primary N) is 2. The van der Waals surface area contributed by atoms with Gasteiger partial charge in [0.25, 0.3) is 0 Å². The number of hydrogen-bond donors (Lipinski definition) is 8. The highest BCUT2D eigenvalue weighted by Gasteiger charge is 2.31. The van der Waals surface area contributed by atoms with Gasteiger partial charge in [-0.15, -0.1) is 0 Å². The molecule has 0 aromatic heterocycles. The maximum Gasteiger partial charge on any atom is 0.326 e. The summed E-state index contributed by atoms with van der Waals surface area (Å²) in [5.74, 6) is -4.55. The summed E-state index contributed by atoms with van der Waals surface area (Å²) in [6.07, 6.45) is -1.81. The van der Waals surface area contributed by atoms with Gasteiger partial charge in [0.1, 0.15) is 29.9 Å². The van der Waals surface area contributed by atoms with E-state index in [1.54, 1.807) is 42.5 Å². The Morgan fingerprint density at radius 1 is 0.775 bits per heavy atom. The fourth-order valence-corrected chi connectivity index (χ4v) is 3.71. The zero-order valence-electron chi connectivity index (χ0n) is 21.9. The summed E-state index contributed by atoms with van der Waals surface area (Å²) in [6, 6.07) is 9.23. The molecule has 0 fully saturated rings. The van der Waals surface area contributed by atoms with Crippen molar-refractivity contribution < 1.29 is 39.3 Å². The molecule has 40 heavy (non-hydrogen) atoms. The van der Waals surface area contributed by atoms with Crippen LogP contribution in [0.5, 0.6) is 5.75 Å². The number of phenolic OH excluding ortho intramolecular Hbond substituents is 1. The van der Waals surface area contributed by atoms with Gasteiger partial charge in [-0.1, -0.05) is 42.5 Å². The molecule has 0 heterocycles. The normalized spacial score (nSPS) is 14.6. The molecule has 2 aromatic rings. The number of rotatable bonds is 15. The number of nitrogens with one attached hydrogen (secondary N) is 3. The van der Waals surface area contributed by atoms with Gasteiger partial charge in [0.2, 0.25) is 23.6 Å². The summed E-state index contributed by atoms with van der Waals surface area (Å²) in [4.78, 5) is 62.1. The Kier molecular flexibility index (Phi) is 12.0. The van der Waals surface area contributed by atoms with E-state index >= 15 is 0 Å². The molecule has 2 rings (SSSR count). The first-order valence-electron chi connectivity index (χ1n) is 12.5. The zero-order valence-corrected chi connectivity index (χ0v) is 21.9. The van der Waals surface area contributed by atoms with E-state index in [9.17, 15) is 39.3 Å². The first-order valence-corrected chi connectivity index (χ1v) is 12.5. The van der Waals surface area contributed by atoms with Crippen LogP contribution in [-0.4, -0.2) is 75.2 Å². The van der Waals surface area contributed by atoms with Gasteiger partial charge in [-0.3, -0.25) is 19.2 Å². The standard InChI is InChI=1S/C27H35N5O8/c1-15(33)23(29)26(38)32-21(14-17-7-9-18(34)10-8-17)25(37)31-20(13-16-5-3-2-4-6-16)24(36)30-19(27(39)40)11-12-22(28)35/h2-10,15,19-21,23,33-34H,11-14,29H2,1H3,(H2,28,35)(H,30,36)(H,31,37)(H,32,38)(H,39,40). The van der Waals surface area contributed by atoms with Gasteiger partial charge in [0.15, 0.2) is 0 Å². The molecule has 4 amide bonds. The highest BCUT2D eigenvalue weighted by atomic mass is 16.4. The lowest BCUT2D eigenvalue weighted by Gasteiger charge is -2.26. The van der Waals surface area contributed by atoms with E-state index in [4.69, 9.17) is 11.5 Å². The molecule has 5 atom stereocenters. The van der Waals surface area contributed by atoms with Gasteiger partial charge in [0, 0.05) is 19.3 Å². The van der Waals surface area contributed by atoms with E-state index in [0.29, 0.717) is 11.1 Å². The second-order valence-corrected chi connectivity index (χ2v) is 9.35. The number of carboxylic acids is 1. The molecule has 0 radical (unpaired) electrons. The van der Waals surface area contributed by atoms with Crippen molar-refractivity contribution in [2.75, 3.05) is 0 Å². The third-order valence-corrected chi connectivity index (χ3v) is 6.04. The Bertz CT molecular complexity index is 1170. The van der Waals surface area contributed by atoms with E-state index in [0.717, 1.165) is 0 Å². The number of amides is 4. The van der Waals surface area contributed by atoms with E-state index in [1.807, 2.05) is 0 Å². The minimum atomic E-state index is -1.44. The maximum absolute atomic E-state index is 13.4. The summed E-state index contributed by atoms with van der Waals surface area (Å²) in [7, 11) is 0. The zero-order chi connectivity index (χ0) is 29.8. The molecule has 0 aliphatic heterocycles. The van der Waals surface area contributed by atoms with Crippen molar-refractivity contribution in [3.05, 3.63) is 65.7 Å². The van der Waals surface area contributed by atoms with Crippen LogP contribution in [0.3, 0.4) is 0 Å². The number of benzene rings is 2. The van der Waals surface area contributed by atoms with Crippen molar-refractivity contribution in [1.82, 2.24) is 16.0 Å². The number of aliphatic hydroxyl groups excluding tert-OH is 1. The van der Waals surface area contributed by atoms with Crippen LogP contribution < -0.4 is 27.4 Å². The van der Waals surface area contributed by atoms with Crippen LogP contribution >= 0.6 is 0 Å². The largest absolute Gasteiger partial charge is 0.508 e. The van der Waals surface area contributed by atoms with Gasteiger partial charge < -0.3 is 42.7 Å². The highest BCUT2D eigenvalue weighted by Crippen LogP contribution is 2.13. The molecule has 216 valence electrons. The first kappa shape index (κ1) is 31.7. The average molecular weight is 558 g/mol. The minimum absolute atomic E-state index is 0.00571. The molecule has 2 aromatic carbocycles. The van der Waals surface area contributed by atoms with Crippen LogP contribution in [0.1, 0.15) is 30.9 Å². The topological polar surface area (TPSA) is 234 Å². The molecule has 0 spiro atoms. The van der Waals surface area contributed by atoms with Gasteiger partial charge in [-0.05, 0) is 36.6 Å². The third kappa shape index (κ3) is 10.3. The van der Waals surface area contributed by atoms with Gasteiger partial charge in [0.05, 0.1) is 6.10 Å². The van der Waals surface area contributed by atoms with E-state index in [-0.39, 0.29) is 31.4 Å². The first-order chi connectivity index (χ1) is 18.9. The molecule has 0 bridgehead atoms. The molecule has 0 aliphatic carbocycles. The number of carbonyl (C=O) groups excluding carboxylic acids is 4. The molecule has 10 N–H and O–H groups in total. The maximum atomic E-state index is 13.4. The van der Waals surface area contributed by atoms with Crippen molar-refractivity contribution >= 4 is 29.6 Å². The number of aliphatic carboxylic acids is 1. The average Bonchev–Trinajstić information content (AvgIpc) is 2.90. The number of carbonyl (C=O) groups is 5. The Balaban J connectivity index is 2.32. The molecular weight excluding hydrogens is 522 g/mol. The fourth-order valence-electron chi connectivity index (χ4n) is 3.71. The second-order valence-electron chi connectivity index (χ2n) is 9.35. The monoisotopic (exact) mass is 557 g/mol. The van der Waals surface area contributed by atoms with Crippen LogP contribution in [0, 0.1) is 0 Å². The summed E-state index contributed by atoms with van der Waals surface area (Å²) in [5, 5.41) is 36.2. The third-order valence-electron chi connectivity index (χ3n) is 6.04. The Morgan fingerprint density at radius 3 is 1.73 bits per heavy atom. The Labute approximate surface area is 230 Å². The smallest absolute Gasteiger partial charge is 0.326 e. The molecule has 13 heteroatoms. The predicted molar refractivity (Wildman–Crippen MR) is 143 cm³/mol. The Morgan fingerprint density at radius 2 is 1.25 bits per heavy atom. The number of primary amides is 1. The molecular formula is C27H35N5O8. The number of aromatic hydroxyl groups is 1. The lowest BCUT2D eigenvalue weighted by molar-refractivity contribution is -0.142. The van der Waals surface area contributed by atoms with Gasteiger partial charge >= 0.3 is 5.97 Å². The van der Waals surface area contributed by atoms with Crippen LogP contribution in [0.25, 0.3) is 0 Å². The van der Waals surface area contributed by atoms with Crippen molar-refractivity contribution in [3.8, 4) is 5.75 Å². The van der Waals surface area contributed by atoms with Crippen LogP contribution in [0.4, 0.5) is 0 Å². The van der Waals surface area contributed by atoms with Crippen molar-refractivity contribution in [2.45, 2.75) is 62.9 Å². The quantitative estimate of drug-likeness (QED) is 0.130. The van der Waals surface area contributed by atoms with E-state index in [2.05, 4.69) is 16.0 Å². The second kappa shape index (κ2) is 15.2. The number of aliphatic hydroxyl groups is 1. The van der Waals surface area contributed by atoms with E-state index < -0.39 is 59.9 Å². The lowest BCUT2D eigenvalue weighted by Crippen LogP contribution is -2.59. The van der Waals surface area contributed by atoms with Crippen molar-refractivity contribution in [2.24, 2.45) is 11.5 Å². The van der Waals surface area contributed by atoms with Crippen molar-refractivity contribution in [1.29, 1.82) is 0 Å². The number of hydrogen-bond acceptors (Lipinski definition) is 8. The summed E-state index contributed by atoms with van der Waals surface area (Å²) >= 11 is 0. The lowest BCUT2D eigenvalue weighted by atomic mass is 10.0. The van der Waals surface area contributed by atoms with Gasteiger partial charge in [-0.25, -0.2) is 4.79 Å². The van der Waals surface area contributed by atoms with Crippen LogP contribution in [0.15, 0.2) is 54.6 Å². The number of carboxylic acid groups (broad SMARTS) is 1. The molecule has 0 saturated carbocycles. The SMILES string of the molecule is CC(O)C(N)C(=O)NC(Cc1ccc(O)cc1)C(=O)NC(Cc1ccccc1)C(=O)NC(CCC(N)=O)C(=O)O. The molecule has 5 unspecified atom stereocenters. The highest BCUT2D eigenvalue weighted by molar-refractivity contribution is 5.94. The van der Waals surface area contributed by atoms with Crippen LogP contribution in [0.2, 0.25) is 0 Å². The van der Waals surface area contributed by atoms with Crippen molar-refractivity contribution in [3.63, 3.8) is 0 Å². The summed E-state index contributed by atoms with van der Waals surface area (Å²) in [6.45, 7) is 1.32. The Hall–Kier alpha value is -4.49. The fraction of sp³-hybridized carbons (Fsp3) is 0.370.